The number of carboxylic acids is 1. The van der Waals surface area contributed by atoms with E-state index in [0.717, 1.165) is 5.57 Å². The van der Waals surface area contributed by atoms with E-state index in [-0.39, 0.29) is 12.1 Å². The van der Waals surface area contributed by atoms with Gasteiger partial charge in [0.1, 0.15) is 19.4 Å². The fraction of sp³-hybridized carbons (Fsp3) is 0.643. The number of carbonyl (C=O) groups excluding carboxylic acids is 2. The van der Waals surface area contributed by atoms with Gasteiger partial charge in [-0.2, -0.15) is 0 Å². The van der Waals surface area contributed by atoms with Crippen LogP contribution < -0.4 is 10.6 Å². The van der Waals surface area contributed by atoms with Crippen molar-refractivity contribution >= 4 is 18.1 Å². The standard InChI is InChI=1S/C14H25N3O6/c1-5-9(2)11(6-10(3)16-13(21)15-4)23-14(22)17(8-18)7-12(19)20/h5,10-11,18H,6-8H2,1-4H3,(H,19,20)(H2,15,16,21)/b9-5+. The monoisotopic (exact) mass is 331 g/mol. The Bertz CT molecular complexity index is 452. The molecule has 0 heterocycles. The van der Waals surface area contributed by atoms with Crippen LogP contribution in [0.5, 0.6) is 0 Å². The predicted molar refractivity (Wildman–Crippen MR) is 82.8 cm³/mol. The third kappa shape index (κ3) is 8.05. The van der Waals surface area contributed by atoms with Crippen LogP contribution in [0, 0.1) is 0 Å². The van der Waals surface area contributed by atoms with Crippen molar-refractivity contribution in [3.8, 4) is 0 Å². The summed E-state index contributed by atoms with van der Waals surface area (Å²) in [6.07, 6.45) is 0.475. The molecule has 23 heavy (non-hydrogen) atoms. The van der Waals surface area contributed by atoms with Crippen molar-refractivity contribution in [3.05, 3.63) is 11.6 Å². The molecule has 0 bridgehead atoms. The second-order valence-electron chi connectivity index (χ2n) is 5.00. The fourth-order valence-corrected chi connectivity index (χ4v) is 1.72. The lowest BCUT2D eigenvalue weighted by Crippen LogP contribution is -2.43. The van der Waals surface area contributed by atoms with Gasteiger partial charge in [0.25, 0.3) is 0 Å². The van der Waals surface area contributed by atoms with Crippen molar-refractivity contribution < 1.29 is 29.3 Å². The number of allylic oxidation sites excluding steroid dienone is 1. The molecule has 9 nitrogen and oxygen atoms in total. The van der Waals surface area contributed by atoms with Gasteiger partial charge in [0, 0.05) is 19.5 Å². The number of carboxylic acid groups (broad SMARTS) is 1. The molecule has 0 aliphatic heterocycles. The summed E-state index contributed by atoms with van der Waals surface area (Å²) in [5, 5.41) is 22.9. The Balaban J connectivity index is 4.88. The molecule has 0 saturated carbocycles. The normalized spacial score (nSPS) is 13.7. The van der Waals surface area contributed by atoms with E-state index < -0.39 is 31.4 Å². The Morgan fingerprint density at radius 3 is 2.39 bits per heavy atom. The minimum atomic E-state index is -1.26. The molecule has 0 aliphatic carbocycles. The second-order valence-corrected chi connectivity index (χ2v) is 5.00. The van der Waals surface area contributed by atoms with E-state index >= 15 is 0 Å². The lowest BCUT2D eigenvalue weighted by molar-refractivity contribution is -0.139. The zero-order valence-corrected chi connectivity index (χ0v) is 13.8. The molecule has 3 amide bonds. The van der Waals surface area contributed by atoms with Crippen LogP contribution in [0.4, 0.5) is 9.59 Å². The number of rotatable bonds is 8. The van der Waals surface area contributed by atoms with Gasteiger partial charge < -0.3 is 25.6 Å². The van der Waals surface area contributed by atoms with Gasteiger partial charge in [-0.05, 0) is 26.3 Å². The van der Waals surface area contributed by atoms with E-state index in [1.54, 1.807) is 26.8 Å². The maximum absolute atomic E-state index is 12.0. The number of ether oxygens (including phenoxy) is 1. The summed E-state index contributed by atoms with van der Waals surface area (Å²) in [7, 11) is 1.49. The lowest BCUT2D eigenvalue weighted by Gasteiger charge is -2.26. The van der Waals surface area contributed by atoms with Gasteiger partial charge in [-0.25, -0.2) is 9.59 Å². The number of urea groups is 1. The van der Waals surface area contributed by atoms with Crippen molar-refractivity contribution in [2.24, 2.45) is 0 Å². The molecule has 0 saturated heterocycles. The Labute approximate surface area is 135 Å². The molecule has 0 aromatic carbocycles. The number of hydrogen-bond donors (Lipinski definition) is 4. The number of aliphatic carboxylic acids is 1. The van der Waals surface area contributed by atoms with E-state index in [1.807, 2.05) is 0 Å². The largest absolute Gasteiger partial charge is 0.480 e. The first-order chi connectivity index (χ1) is 10.7. The molecule has 0 fully saturated rings. The van der Waals surface area contributed by atoms with Crippen molar-refractivity contribution in [2.75, 3.05) is 20.3 Å². The zero-order valence-electron chi connectivity index (χ0n) is 13.8. The molecule has 0 rings (SSSR count). The second kappa shape index (κ2) is 10.4. The highest BCUT2D eigenvalue weighted by atomic mass is 16.6. The molecule has 0 spiro atoms. The third-order valence-corrected chi connectivity index (χ3v) is 3.13. The molecule has 132 valence electrons. The topological polar surface area (TPSA) is 128 Å². The Morgan fingerprint density at radius 1 is 1.35 bits per heavy atom. The molecular weight excluding hydrogens is 306 g/mol. The molecule has 4 N–H and O–H groups in total. The lowest BCUT2D eigenvalue weighted by atomic mass is 10.0. The van der Waals surface area contributed by atoms with Crippen molar-refractivity contribution in [2.45, 2.75) is 39.3 Å². The smallest absolute Gasteiger partial charge is 0.412 e. The molecule has 2 atom stereocenters. The van der Waals surface area contributed by atoms with Gasteiger partial charge in [-0.1, -0.05) is 6.08 Å². The Hall–Kier alpha value is -2.29. The first-order valence-corrected chi connectivity index (χ1v) is 7.14. The highest BCUT2D eigenvalue weighted by Crippen LogP contribution is 2.14. The number of nitrogens with one attached hydrogen (secondary N) is 2. The van der Waals surface area contributed by atoms with Crippen LogP contribution in [-0.2, 0) is 9.53 Å². The van der Waals surface area contributed by atoms with Crippen LogP contribution in [0.25, 0.3) is 0 Å². The number of hydrogen-bond acceptors (Lipinski definition) is 5. The Morgan fingerprint density at radius 2 is 1.96 bits per heavy atom. The van der Waals surface area contributed by atoms with Crippen LogP contribution in [-0.4, -0.2) is 65.7 Å². The number of nitrogens with zero attached hydrogens (tertiary/aromatic N) is 1. The first-order valence-electron chi connectivity index (χ1n) is 7.14. The number of aliphatic hydroxyl groups is 1. The van der Waals surface area contributed by atoms with Crippen LogP contribution >= 0.6 is 0 Å². The number of amides is 3. The minimum Gasteiger partial charge on any atom is -0.480 e. The quantitative estimate of drug-likeness (QED) is 0.379. The van der Waals surface area contributed by atoms with E-state index in [9.17, 15) is 14.4 Å². The maximum Gasteiger partial charge on any atom is 0.412 e. The van der Waals surface area contributed by atoms with Crippen molar-refractivity contribution in [3.63, 3.8) is 0 Å². The van der Waals surface area contributed by atoms with Gasteiger partial charge in [-0.15, -0.1) is 0 Å². The SMILES string of the molecule is C/C=C(\C)C(CC(C)NC(=O)NC)OC(=O)N(CO)CC(=O)O. The van der Waals surface area contributed by atoms with Gasteiger partial charge >= 0.3 is 18.1 Å². The zero-order chi connectivity index (χ0) is 18.0. The van der Waals surface area contributed by atoms with Crippen LogP contribution in [0.2, 0.25) is 0 Å². The van der Waals surface area contributed by atoms with E-state index in [0.29, 0.717) is 11.3 Å². The van der Waals surface area contributed by atoms with Gasteiger partial charge in [0.15, 0.2) is 0 Å². The van der Waals surface area contributed by atoms with Gasteiger partial charge in [0.2, 0.25) is 0 Å². The average Bonchev–Trinajstić information content (AvgIpc) is 2.50. The van der Waals surface area contributed by atoms with Crippen molar-refractivity contribution in [1.29, 1.82) is 0 Å². The molecule has 0 aromatic heterocycles. The first kappa shape index (κ1) is 20.7. The highest BCUT2D eigenvalue weighted by Gasteiger charge is 2.24. The summed E-state index contributed by atoms with van der Waals surface area (Å²) in [4.78, 5) is 34.6. The number of aliphatic hydroxyl groups excluding tert-OH is 1. The van der Waals surface area contributed by atoms with E-state index in [2.05, 4.69) is 10.6 Å². The summed E-state index contributed by atoms with van der Waals surface area (Å²) >= 11 is 0. The molecule has 9 heteroatoms. The van der Waals surface area contributed by atoms with E-state index in [1.165, 1.54) is 7.05 Å². The summed E-state index contributed by atoms with van der Waals surface area (Å²) < 4.78 is 5.27. The maximum atomic E-state index is 12.0. The van der Waals surface area contributed by atoms with Crippen LogP contribution in [0.15, 0.2) is 11.6 Å². The molecule has 0 aliphatic rings. The van der Waals surface area contributed by atoms with E-state index in [4.69, 9.17) is 14.9 Å². The van der Waals surface area contributed by atoms with Crippen LogP contribution in [0.3, 0.4) is 0 Å². The van der Waals surface area contributed by atoms with Gasteiger partial charge in [-0.3, -0.25) is 9.69 Å². The molecule has 0 radical (unpaired) electrons. The van der Waals surface area contributed by atoms with Crippen LogP contribution in [0.1, 0.15) is 27.2 Å². The van der Waals surface area contributed by atoms with Crippen molar-refractivity contribution in [1.82, 2.24) is 15.5 Å². The number of carbonyl (C=O) groups is 3. The van der Waals surface area contributed by atoms with Gasteiger partial charge in [0.05, 0.1) is 0 Å². The predicted octanol–water partition coefficient (Wildman–Crippen LogP) is 0.502. The summed E-state index contributed by atoms with van der Waals surface area (Å²) in [5.41, 5.74) is 0.747. The average molecular weight is 331 g/mol. The molecule has 2 unspecified atom stereocenters. The Kier molecular flexibility index (Phi) is 9.40. The highest BCUT2D eigenvalue weighted by molar-refractivity contribution is 5.76. The minimum absolute atomic E-state index is 0.287. The summed E-state index contributed by atoms with van der Waals surface area (Å²) in [6, 6.07) is -0.645. The summed E-state index contributed by atoms with van der Waals surface area (Å²) in [6.45, 7) is 3.85. The molecular formula is C14H25N3O6. The molecule has 0 aromatic rings. The fourth-order valence-electron chi connectivity index (χ4n) is 1.72. The summed E-state index contributed by atoms with van der Waals surface area (Å²) in [5.74, 6) is -1.26. The third-order valence-electron chi connectivity index (χ3n) is 3.13.